The number of rotatable bonds is 10. The lowest BCUT2D eigenvalue weighted by atomic mass is 10.0. The maximum Gasteiger partial charge on any atom is 0.264 e. The molecule has 2 rings (SSSR count). The third kappa shape index (κ3) is 7.77. The van der Waals surface area contributed by atoms with Gasteiger partial charge in [-0.2, -0.15) is 16.8 Å². The van der Waals surface area contributed by atoms with Crippen LogP contribution in [0, 0.1) is 13.8 Å². The Bertz CT molecular complexity index is 973. The van der Waals surface area contributed by atoms with E-state index in [1.807, 2.05) is 38.1 Å². The van der Waals surface area contributed by atoms with Gasteiger partial charge < -0.3 is 4.74 Å². The van der Waals surface area contributed by atoms with Gasteiger partial charge in [0, 0.05) is 0 Å². The lowest BCUT2D eigenvalue weighted by molar-refractivity contribution is 0.464. The van der Waals surface area contributed by atoms with Crippen LogP contribution in [0.2, 0.25) is 0 Å². The lowest BCUT2D eigenvalue weighted by Crippen LogP contribution is -2.07. The highest BCUT2D eigenvalue weighted by atomic mass is 32.2. The lowest BCUT2D eigenvalue weighted by Gasteiger charge is -2.17. The van der Waals surface area contributed by atoms with Crippen molar-refractivity contribution >= 4 is 20.2 Å². The summed E-state index contributed by atoms with van der Waals surface area (Å²) in [6.07, 6.45) is 1.36. The van der Waals surface area contributed by atoms with Crippen LogP contribution >= 0.6 is 0 Å². The molecular weight excluding hydrogens is 416 g/mol. The molecule has 0 aliphatic rings. The Morgan fingerprint density at radius 2 is 1.10 bits per heavy atom. The van der Waals surface area contributed by atoms with Crippen molar-refractivity contribution in [2.75, 3.05) is 11.5 Å². The largest absolute Gasteiger partial charge is 0.457 e. The Balaban J connectivity index is 2.25. The van der Waals surface area contributed by atoms with Gasteiger partial charge in [-0.1, -0.05) is 24.3 Å². The summed E-state index contributed by atoms with van der Waals surface area (Å²) in [7, 11) is -8.05. The molecule has 0 atom stereocenters. The van der Waals surface area contributed by atoms with Gasteiger partial charge in [0.15, 0.2) is 0 Å². The summed E-state index contributed by atoms with van der Waals surface area (Å²) in [5, 5.41) is 0. The summed E-state index contributed by atoms with van der Waals surface area (Å²) in [4.78, 5) is 0. The van der Waals surface area contributed by atoms with Gasteiger partial charge in [0.2, 0.25) is 0 Å². The molecule has 160 valence electrons. The van der Waals surface area contributed by atoms with Crippen molar-refractivity contribution in [2.24, 2.45) is 0 Å². The van der Waals surface area contributed by atoms with E-state index in [-0.39, 0.29) is 24.3 Å². The topological polar surface area (TPSA) is 118 Å². The van der Waals surface area contributed by atoms with Gasteiger partial charge in [0.05, 0.1) is 11.5 Å². The molecule has 0 unspecified atom stereocenters. The van der Waals surface area contributed by atoms with Crippen molar-refractivity contribution in [2.45, 2.75) is 39.5 Å². The molecule has 7 nitrogen and oxygen atoms in total. The average molecular weight is 443 g/mol. The Kier molecular flexibility index (Phi) is 7.81. The first kappa shape index (κ1) is 23.3. The Morgan fingerprint density at radius 1 is 0.724 bits per heavy atom. The molecule has 0 radical (unpaired) electrons. The SMILES string of the molecule is Cc1cccc(Oc2cccc(C)c2CCCS(=O)(=O)O)c1CCCS(=O)(=O)O. The van der Waals surface area contributed by atoms with Crippen LogP contribution < -0.4 is 4.74 Å². The van der Waals surface area contributed by atoms with Crippen molar-refractivity contribution in [3.8, 4) is 11.5 Å². The first-order valence-corrected chi connectivity index (χ1v) is 12.4. The molecule has 0 bridgehead atoms. The van der Waals surface area contributed by atoms with Crippen LogP contribution in [0.4, 0.5) is 0 Å². The third-order valence-corrected chi connectivity index (χ3v) is 6.22. The zero-order valence-electron chi connectivity index (χ0n) is 16.5. The highest BCUT2D eigenvalue weighted by Crippen LogP contribution is 2.32. The summed E-state index contributed by atoms with van der Waals surface area (Å²) >= 11 is 0. The maximum absolute atomic E-state index is 11.0. The molecule has 2 aromatic rings. The van der Waals surface area contributed by atoms with E-state index in [9.17, 15) is 16.8 Å². The van der Waals surface area contributed by atoms with E-state index in [0.29, 0.717) is 24.3 Å². The van der Waals surface area contributed by atoms with Crippen molar-refractivity contribution in [1.82, 2.24) is 0 Å². The summed E-state index contributed by atoms with van der Waals surface area (Å²) in [6.45, 7) is 3.80. The number of hydrogen-bond donors (Lipinski definition) is 2. The molecule has 0 fully saturated rings. The minimum absolute atomic E-state index is 0.259. The molecule has 0 aliphatic carbocycles. The first-order chi connectivity index (χ1) is 13.5. The van der Waals surface area contributed by atoms with Crippen molar-refractivity contribution in [3.63, 3.8) is 0 Å². The summed E-state index contributed by atoms with van der Waals surface area (Å²) < 4.78 is 68.1. The van der Waals surface area contributed by atoms with E-state index < -0.39 is 20.2 Å². The van der Waals surface area contributed by atoms with Gasteiger partial charge in [-0.05, 0) is 73.9 Å². The van der Waals surface area contributed by atoms with Crippen molar-refractivity contribution in [1.29, 1.82) is 0 Å². The van der Waals surface area contributed by atoms with Gasteiger partial charge in [-0.3, -0.25) is 9.11 Å². The second-order valence-electron chi connectivity index (χ2n) is 6.98. The molecule has 0 saturated heterocycles. The molecule has 0 spiro atoms. The average Bonchev–Trinajstić information content (AvgIpc) is 2.57. The Morgan fingerprint density at radius 3 is 1.45 bits per heavy atom. The maximum atomic E-state index is 11.0. The molecule has 0 amide bonds. The van der Waals surface area contributed by atoms with E-state index in [4.69, 9.17) is 13.8 Å². The number of benzene rings is 2. The minimum Gasteiger partial charge on any atom is -0.457 e. The van der Waals surface area contributed by atoms with Crippen LogP contribution in [0.15, 0.2) is 36.4 Å². The summed E-state index contributed by atoms with van der Waals surface area (Å²) in [5.74, 6) is 0.516. The molecule has 0 saturated carbocycles. The molecule has 0 aromatic heterocycles. The zero-order valence-corrected chi connectivity index (χ0v) is 18.1. The van der Waals surface area contributed by atoms with Crippen LogP contribution in [-0.2, 0) is 33.1 Å². The smallest absolute Gasteiger partial charge is 0.264 e. The van der Waals surface area contributed by atoms with Crippen LogP contribution in [0.1, 0.15) is 35.1 Å². The number of aryl methyl sites for hydroxylation is 2. The van der Waals surface area contributed by atoms with Crippen molar-refractivity contribution < 1.29 is 30.7 Å². The fourth-order valence-corrected chi connectivity index (χ4v) is 4.18. The van der Waals surface area contributed by atoms with Crippen LogP contribution in [0.3, 0.4) is 0 Å². The molecule has 9 heteroatoms. The monoisotopic (exact) mass is 442 g/mol. The van der Waals surface area contributed by atoms with E-state index in [2.05, 4.69) is 0 Å². The van der Waals surface area contributed by atoms with Crippen LogP contribution in [-0.4, -0.2) is 37.4 Å². The predicted molar refractivity (Wildman–Crippen MR) is 112 cm³/mol. The van der Waals surface area contributed by atoms with Gasteiger partial charge in [0.25, 0.3) is 20.2 Å². The normalized spacial score (nSPS) is 12.1. The zero-order chi connectivity index (χ0) is 21.7. The van der Waals surface area contributed by atoms with Crippen LogP contribution in [0.25, 0.3) is 0 Å². The number of ether oxygens (including phenoxy) is 1. The number of hydrogen-bond acceptors (Lipinski definition) is 5. The molecule has 0 heterocycles. The van der Waals surface area contributed by atoms with E-state index in [0.717, 1.165) is 22.3 Å². The van der Waals surface area contributed by atoms with Crippen LogP contribution in [0.5, 0.6) is 11.5 Å². The standard InChI is InChI=1S/C20H26O7S2/c1-15-7-3-11-19(17(15)9-5-13-28(21,22)23)27-20-12-4-8-16(2)18(20)10-6-14-29(24,25)26/h3-4,7-8,11-12H,5-6,9-10,13-14H2,1-2H3,(H,21,22,23)(H,24,25,26). The van der Waals surface area contributed by atoms with Gasteiger partial charge in [-0.15, -0.1) is 0 Å². The highest BCUT2D eigenvalue weighted by molar-refractivity contribution is 7.86. The Hall–Kier alpha value is -1.94. The molecule has 2 aromatic carbocycles. The fourth-order valence-electron chi connectivity index (χ4n) is 3.16. The molecular formula is C20H26O7S2. The molecule has 2 N–H and O–H groups in total. The third-order valence-electron chi connectivity index (χ3n) is 4.61. The van der Waals surface area contributed by atoms with E-state index in [1.54, 1.807) is 12.1 Å². The fraction of sp³-hybridized carbons (Fsp3) is 0.400. The summed E-state index contributed by atoms with van der Waals surface area (Å²) in [5.41, 5.74) is 3.58. The minimum atomic E-state index is -4.02. The Labute approximate surface area is 172 Å². The first-order valence-electron chi connectivity index (χ1n) is 9.21. The molecule has 0 aliphatic heterocycles. The van der Waals surface area contributed by atoms with Gasteiger partial charge in [0.1, 0.15) is 11.5 Å². The van der Waals surface area contributed by atoms with Gasteiger partial charge >= 0.3 is 0 Å². The highest BCUT2D eigenvalue weighted by Gasteiger charge is 2.14. The predicted octanol–water partition coefficient (Wildman–Crippen LogP) is 3.74. The van der Waals surface area contributed by atoms with E-state index in [1.165, 1.54) is 0 Å². The quantitative estimate of drug-likeness (QED) is 0.538. The second kappa shape index (κ2) is 9.71. The van der Waals surface area contributed by atoms with E-state index >= 15 is 0 Å². The van der Waals surface area contributed by atoms with Crippen molar-refractivity contribution in [3.05, 3.63) is 58.7 Å². The van der Waals surface area contributed by atoms with Gasteiger partial charge in [-0.25, -0.2) is 0 Å². The summed E-state index contributed by atoms with van der Waals surface area (Å²) in [6, 6.07) is 11.1. The molecule has 29 heavy (non-hydrogen) atoms. The second-order valence-corrected chi connectivity index (χ2v) is 10.1.